The summed E-state index contributed by atoms with van der Waals surface area (Å²) in [5.74, 6) is 0. The number of hydrogen-bond donors (Lipinski definition) is 0. The fourth-order valence-corrected chi connectivity index (χ4v) is 6.44. The molecule has 3 nitrogen and oxygen atoms in total. The molecule has 0 atom stereocenters. The normalized spacial score (nSPS) is 12.0. The lowest BCUT2D eigenvalue weighted by Gasteiger charge is -2.08. The van der Waals surface area contributed by atoms with Gasteiger partial charge in [-0.05, 0) is 48.5 Å². The van der Waals surface area contributed by atoms with Crippen molar-refractivity contribution in [2.75, 3.05) is 0 Å². The first-order chi connectivity index (χ1) is 17.4. The minimum atomic E-state index is 1.00. The zero-order chi connectivity index (χ0) is 22.9. The molecule has 8 rings (SSSR count). The quantitative estimate of drug-likeness (QED) is 0.251. The predicted octanol–water partition coefficient (Wildman–Crippen LogP) is 8.49. The van der Waals surface area contributed by atoms with Crippen molar-refractivity contribution in [1.29, 1.82) is 0 Å². The van der Waals surface area contributed by atoms with Gasteiger partial charge in [0.25, 0.3) is 0 Å². The number of rotatable bonds is 2. The van der Waals surface area contributed by atoms with Crippen molar-refractivity contribution >= 4 is 65.2 Å². The van der Waals surface area contributed by atoms with Crippen molar-refractivity contribution in [3.05, 3.63) is 115 Å². The van der Waals surface area contributed by atoms with Gasteiger partial charge in [-0.3, -0.25) is 4.57 Å². The van der Waals surface area contributed by atoms with Crippen LogP contribution >= 0.6 is 11.3 Å². The third kappa shape index (κ3) is 2.63. The van der Waals surface area contributed by atoms with E-state index in [1.165, 1.54) is 54.0 Å². The van der Waals surface area contributed by atoms with Gasteiger partial charge in [0.05, 0.1) is 32.3 Å². The highest BCUT2D eigenvalue weighted by molar-refractivity contribution is 7.20. The second-order valence-electron chi connectivity index (χ2n) is 8.89. The molecule has 0 unspecified atom stereocenters. The molecule has 0 aliphatic heterocycles. The number of aromatic nitrogens is 3. The molecule has 0 amide bonds. The van der Waals surface area contributed by atoms with E-state index in [9.17, 15) is 0 Å². The van der Waals surface area contributed by atoms with Crippen LogP contribution in [0.4, 0.5) is 0 Å². The van der Waals surface area contributed by atoms with Crippen LogP contribution in [0.1, 0.15) is 0 Å². The molecule has 0 aliphatic rings. The van der Waals surface area contributed by atoms with Gasteiger partial charge in [0, 0.05) is 27.2 Å². The van der Waals surface area contributed by atoms with Crippen molar-refractivity contribution < 1.29 is 0 Å². The van der Waals surface area contributed by atoms with Crippen LogP contribution < -0.4 is 0 Å². The van der Waals surface area contributed by atoms with Gasteiger partial charge < -0.3 is 4.57 Å². The maximum Gasteiger partial charge on any atom is 0.195 e. The summed E-state index contributed by atoms with van der Waals surface area (Å²) in [4.78, 5) is 5.03. The molecule has 0 aliphatic carbocycles. The molecule has 0 radical (unpaired) electrons. The molecule has 0 saturated heterocycles. The lowest BCUT2D eigenvalue weighted by atomic mass is 10.1. The molecule has 0 N–H and O–H groups in total. The molecule has 0 fully saturated rings. The van der Waals surface area contributed by atoms with Crippen LogP contribution in [0.25, 0.3) is 64.6 Å². The molecular weight excluding hydrogens is 446 g/mol. The molecule has 5 aromatic carbocycles. The average Bonchev–Trinajstić information content (AvgIpc) is 3.57. The zero-order valence-corrected chi connectivity index (χ0v) is 19.5. The monoisotopic (exact) mass is 465 g/mol. The molecule has 4 heteroatoms. The van der Waals surface area contributed by atoms with Gasteiger partial charge in [0.2, 0.25) is 0 Å². The van der Waals surface area contributed by atoms with Crippen LogP contribution in [0.15, 0.2) is 115 Å². The molecule has 35 heavy (non-hydrogen) atoms. The van der Waals surface area contributed by atoms with Gasteiger partial charge in [0.1, 0.15) is 0 Å². The predicted molar refractivity (Wildman–Crippen MR) is 148 cm³/mol. The minimum absolute atomic E-state index is 1.00. The Morgan fingerprint density at radius 2 is 1.06 bits per heavy atom. The summed E-state index contributed by atoms with van der Waals surface area (Å²) >= 11 is 1.74. The van der Waals surface area contributed by atoms with Crippen LogP contribution in [0.5, 0.6) is 0 Å². The topological polar surface area (TPSA) is 22.8 Å². The first-order valence-electron chi connectivity index (χ1n) is 11.7. The van der Waals surface area contributed by atoms with Crippen LogP contribution in [0.3, 0.4) is 0 Å². The van der Waals surface area contributed by atoms with E-state index in [1.54, 1.807) is 11.3 Å². The number of benzene rings is 5. The van der Waals surface area contributed by atoms with Crippen LogP contribution in [-0.4, -0.2) is 14.1 Å². The Bertz CT molecular complexity index is 2030. The van der Waals surface area contributed by atoms with Crippen molar-refractivity contribution in [2.45, 2.75) is 0 Å². The fraction of sp³-hybridized carbons (Fsp3) is 0. The third-order valence-corrected chi connectivity index (χ3v) is 7.98. The summed E-state index contributed by atoms with van der Waals surface area (Å²) in [6.07, 6.45) is 0. The van der Waals surface area contributed by atoms with Crippen molar-refractivity contribution in [1.82, 2.24) is 14.1 Å². The smallest absolute Gasteiger partial charge is 0.195 e. The van der Waals surface area contributed by atoms with Crippen molar-refractivity contribution in [2.24, 2.45) is 0 Å². The Kier molecular flexibility index (Phi) is 3.82. The molecule has 0 bridgehead atoms. The number of fused-ring (bicyclic) bond motifs is 7. The van der Waals surface area contributed by atoms with Crippen molar-refractivity contribution in [3.8, 4) is 10.8 Å². The zero-order valence-electron chi connectivity index (χ0n) is 18.7. The van der Waals surface area contributed by atoms with E-state index in [1.807, 2.05) is 0 Å². The SMILES string of the molecule is c1ccc(-n2c3ccccc3c3cc4c(cc32)c2ccccc2n4-c2nc3ccccc3s2)cc1. The fourth-order valence-electron chi connectivity index (χ4n) is 5.45. The van der Waals surface area contributed by atoms with Gasteiger partial charge in [0.15, 0.2) is 5.13 Å². The first kappa shape index (κ1) is 19.0. The molecule has 0 spiro atoms. The number of nitrogens with zero attached hydrogens (tertiary/aromatic N) is 3. The van der Waals surface area contributed by atoms with E-state index in [0.29, 0.717) is 0 Å². The second kappa shape index (κ2) is 7.05. The molecule has 3 heterocycles. The summed E-state index contributed by atoms with van der Waals surface area (Å²) in [6, 6.07) is 41.1. The van der Waals surface area contributed by atoms with Gasteiger partial charge >= 0.3 is 0 Å². The highest BCUT2D eigenvalue weighted by atomic mass is 32.1. The van der Waals surface area contributed by atoms with Gasteiger partial charge in [-0.15, -0.1) is 0 Å². The maximum atomic E-state index is 5.03. The summed E-state index contributed by atoms with van der Waals surface area (Å²) in [6.45, 7) is 0. The van der Waals surface area contributed by atoms with Crippen LogP contribution in [-0.2, 0) is 0 Å². The Morgan fingerprint density at radius 1 is 0.486 bits per heavy atom. The number of thiazole rings is 1. The lowest BCUT2D eigenvalue weighted by Crippen LogP contribution is -1.94. The maximum absolute atomic E-state index is 5.03. The first-order valence-corrected chi connectivity index (χ1v) is 12.6. The Hall–Kier alpha value is -4.41. The molecule has 3 aromatic heterocycles. The average molecular weight is 466 g/mol. The summed E-state index contributed by atoms with van der Waals surface area (Å²) in [5, 5.41) is 6.00. The highest BCUT2D eigenvalue weighted by Gasteiger charge is 2.19. The Morgan fingerprint density at radius 3 is 1.77 bits per heavy atom. The van der Waals surface area contributed by atoms with E-state index in [-0.39, 0.29) is 0 Å². The molecule has 164 valence electrons. The number of hydrogen-bond acceptors (Lipinski definition) is 2. The largest absolute Gasteiger partial charge is 0.309 e. The molecule has 0 saturated carbocycles. The number of para-hydroxylation sites is 4. The Balaban J connectivity index is 1.56. The standard InChI is InChI=1S/C31H19N3S/c1-2-10-20(11-3-1)33-26-15-7-4-12-21(26)23-19-29-24(18-28(23)33)22-13-5-8-16-27(22)34(29)31-32-25-14-6-9-17-30(25)35-31/h1-19H. The van der Waals surface area contributed by atoms with E-state index in [0.717, 1.165) is 10.6 Å². The molecule has 8 aromatic rings. The van der Waals surface area contributed by atoms with E-state index in [4.69, 9.17) is 4.98 Å². The summed E-state index contributed by atoms with van der Waals surface area (Å²) in [5.41, 5.74) is 7.03. The lowest BCUT2D eigenvalue weighted by molar-refractivity contribution is 1.15. The second-order valence-corrected chi connectivity index (χ2v) is 9.90. The van der Waals surface area contributed by atoms with Crippen LogP contribution in [0.2, 0.25) is 0 Å². The van der Waals surface area contributed by atoms with Gasteiger partial charge in [-0.2, -0.15) is 0 Å². The van der Waals surface area contributed by atoms with E-state index < -0.39 is 0 Å². The Labute approximate surface area is 205 Å². The highest BCUT2D eigenvalue weighted by Crippen LogP contribution is 2.40. The van der Waals surface area contributed by atoms with E-state index >= 15 is 0 Å². The van der Waals surface area contributed by atoms with E-state index in [2.05, 4.69) is 124 Å². The van der Waals surface area contributed by atoms with Gasteiger partial charge in [-0.1, -0.05) is 78.1 Å². The summed E-state index contributed by atoms with van der Waals surface area (Å²) in [7, 11) is 0. The van der Waals surface area contributed by atoms with Crippen molar-refractivity contribution in [3.63, 3.8) is 0 Å². The van der Waals surface area contributed by atoms with Gasteiger partial charge in [-0.25, -0.2) is 4.98 Å². The third-order valence-electron chi connectivity index (χ3n) is 6.95. The van der Waals surface area contributed by atoms with Crippen LogP contribution in [0, 0.1) is 0 Å². The summed E-state index contributed by atoms with van der Waals surface area (Å²) < 4.78 is 5.92. The minimum Gasteiger partial charge on any atom is -0.309 e. The molecular formula is C31H19N3S.